The van der Waals surface area contributed by atoms with E-state index in [1.165, 1.54) is 70.9 Å². The summed E-state index contributed by atoms with van der Waals surface area (Å²) in [6.07, 6.45) is 13.1. The summed E-state index contributed by atoms with van der Waals surface area (Å²) in [5.41, 5.74) is 0. The molecule has 0 spiro atoms. The number of nitrogens with zero attached hydrogens (tertiary/aromatic N) is 1. The van der Waals surface area contributed by atoms with Crippen LogP contribution in [0.4, 0.5) is 0 Å². The second kappa shape index (κ2) is 8.38. The van der Waals surface area contributed by atoms with Crippen LogP contribution in [-0.4, -0.2) is 38.1 Å². The van der Waals surface area contributed by atoms with E-state index in [9.17, 15) is 0 Å². The van der Waals surface area contributed by atoms with Crippen molar-refractivity contribution in [2.75, 3.05) is 27.2 Å². The van der Waals surface area contributed by atoms with Gasteiger partial charge in [0.25, 0.3) is 0 Å². The fourth-order valence-corrected chi connectivity index (χ4v) is 4.76. The fourth-order valence-electron chi connectivity index (χ4n) is 4.76. The van der Waals surface area contributed by atoms with Crippen molar-refractivity contribution >= 4 is 0 Å². The minimum Gasteiger partial charge on any atom is -0.320 e. The van der Waals surface area contributed by atoms with E-state index in [0.717, 1.165) is 23.8 Å². The Bertz CT molecular complexity index is 266. The standard InChI is InChI=1S/C18H36N2/c1-15-13-16(9-6-4-5-7-11-19-2)17-10-8-12-20(3)18(17)14-15/h15-19H,4-14H2,1-3H3. The number of nitrogens with one attached hydrogen (secondary N) is 1. The number of hydrogen-bond donors (Lipinski definition) is 1. The molecule has 0 radical (unpaired) electrons. The maximum absolute atomic E-state index is 3.25. The average Bonchev–Trinajstić information content (AvgIpc) is 2.43. The Morgan fingerprint density at radius 2 is 1.90 bits per heavy atom. The van der Waals surface area contributed by atoms with Crippen LogP contribution in [-0.2, 0) is 0 Å². The van der Waals surface area contributed by atoms with E-state index in [-0.39, 0.29) is 0 Å². The molecule has 1 saturated carbocycles. The molecule has 118 valence electrons. The molecule has 0 bridgehead atoms. The highest BCUT2D eigenvalue weighted by molar-refractivity contribution is 4.92. The molecule has 2 aliphatic rings. The van der Waals surface area contributed by atoms with Gasteiger partial charge in [0, 0.05) is 6.04 Å². The number of hydrogen-bond acceptors (Lipinski definition) is 2. The van der Waals surface area contributed by atoms with Crippen LogP contribution in [0.3, 0.4) is 0 Å². The summed E-state index contributed by atoms with van der Waals surface area (Å²) in [5, 5.41) is 3.25. The first-order valence-corrected chi connectivity index (χ1v) is 9.07. The van der Waals surface area contributed by atoms with E-state index in [2.05, 4.69) is 31.2 Å². The molecule has 1 heterocycles. The minimum absolute atomic E-state index is 0.904. The Labute approximate surface area is 126 Å². The van der Waals surface area contributed by atoms with Crippen molar-refractivity contribution < 1.29 is 0 Å². The molecule has 0 aromatic heterocycles. The zero-order chi connectivity index (χ0) is 14.4. The SMILES string of the molecule is CNCCCCCCC1CC(C)CC2C1CCCN2C. The topological polar surface area (TPSA) is 15.3 Å². The van der Waals surface area contributed by atoms with Crippen LogP contribution in [0.5, 0.6) is 0 Å². The lowest BCUT2D eigenvalue weighted by Crippen LogP contribution is -2.49. The van der Waals surface area contributed by atoms with Gasteiger partial charge >= 0.3 is 0 Å². The predicted octanol–water partition coefficient (Wildman–Crippen LogP) is 3.91. The zero-order valence-electron chi connectivity index (χ0n) is 14.0. The molecule has 2 rings (SSSR count). The molecule has 1 saturated heterocycles. The van der Waals surface area contributed by atoms with Gasteiger partial charge in [0.05, 0.1) is 0 Å². The highest BCUT2D eigenvalue weighted by atomic mass is 15.1. The smallest absolute Gasteiger partial charge is 0.0126 e. The highest BCUT2D eigenvalue weighted by Crippen LogP contribution is 2.43. The van der Waals surface area contributed by atoms with Gasteiger partial charge in [0.2, 0.25) is 0 Å². The second-order valence-corrected chi connectivity index (χ2v) is 7.50. The van der Waals surface area contributed by atoms with Crippen molar-refractivity contribution in [1.29, 1.82) is 0 Å². The van der Waals surface area contributed by atoms with E-state index in [0.29, 0.717) is 0 Å². The largest absolute Gasteiger partial charge is 0.320 e. The Kier molecular flexibility index (Phi) is 6.83. The molecule has 2 nitrogen and oxygen atoms in total. The predicted molar refractivity (Wildman–Crippen MR) is 88.0 cm³/mol. The summed E-state index contributed by atoms with van der Waals surface area (Å²) in [6.45, 7) is 5.01. The van der Waals surface area contributed by atoms with Crippen LogP contribution in [0.2, 0.25) is 0 Å². The second-order valence-electron chi connectivity index (χ2n) is 7.50. The molecule has 1 N–H and O–H groups in total. The van der Waals surface area contributed by atoms with Crippen LogP contribution in [0.25, 0.3) is 0 Å². The van der Waals surface area contributed by atoms with Crippen molar-refractivity contribution in [3.8, 4) is 0 Å². The van der Waals surface area contributed by atoms with Crippen LogP contribution in [0, 0.1) is 17.8 Å². The number of fused-ring (bicyclic) bond motifs is 1. The molecule has 2 heteroatoms. The summed E-state index contributed by atoms with van der Waals surface area (Å²) in [4.78, 5) is 2.67. The first-order valence-electron chi connectivity index (χ1n) is 9.07. The van der Waals surface area contributed by atoms with Gasteiger partial charge in [0.15, 0.2) is 0 Å². The van der Waals surface area contributed by atoms with E-state index in [1.54, 1.807) is 0 Å². The third kappa shape index (κ3) is 4.46. The van der Waals surface area contributed by atoms with Gasteiger partial charge in [-0.2, -0.15) is 0 Å². The molecule has 0 aromatic carbocycles. The quantitative estimate of drug-likeness (QED) is 0.711. The molecule has 2 fully saturated rings. The zero-order valence-corrected chi connectivity index (χ0v) is 14.0. The molecule has 0 aromatic rings. The summed E-state index contributed by atoms with van der Waals surface area (Å²) in [5.74, 6) is 2.99. The van der Waals surface area contributed by atoms with Crippen molar-refractivity contribution in [2.45, 2.75) is 70.8 Å². The molecule has 20 heavy (non-hydrogen) atoms. The van der Waals surface area contributed by atoms with Gasteiger partial charge in [-0.3, -0.25) is 0 Å². The van der Waals surface area contributed by atoms with Crippen molar-refractivity contribution in [3.05, 3.63) is 0 Å². The maximum Gasteiger partial charge on any atom is 0.0126 e. The molecule has 1 aliphatic carbocycles. The van der Waals surface area contributed by atoms with Crippen LogP contribution in [0.15, 0.2) is 0 Å². The Morgan fingerprint density at radius 3 is 2.70 bits per heavy atom. The van der Waals surface area contributed by atoms with Crippen LogP contribution < -0.4 is 5.32 Å². The van der Waals surface area contributed by atoms with Crippen molar-refractivity contribution in [3.63, 3.8) is 0 Å². The van der Waals surface area contributed by atoms with Gasteiger partial charge in [0.1, 0.15) is 0 Å². The molecular formula is C18H36N2. The maximum atomic E-state index is 3.25. The summed E-state index contributed by atoms with van der Waals surface area (Å²) < 4.78 is 0. The first-order chi connectivity index (χ1) is 9.72. The fraction of sp³-hybridized carbons (Fsp3) is 1.00. The number of unbranched alkanes of at least 4 members (excludes halogenated alkanes) is 3. The normalized spacial score (nSPS) is 35.0. The molecule has 0 amide bonds. The lowest BCUT2D eigenvalue weighted by atomic mass is 9.66. The third-order valence-electron chi connectivity index (χ3n) is 5.81. The summed E-state index contributed by atoms with van der Waals surface area (Å²) in [7, 11) is 4.42. The van der Waals surface area contributed by atoms with Gasteiger partial charge in [-0.15, -0.1) is 0 Å². The number of rotatable bonds is 7. The van der Waals surface area contributed by atoms with Crippen LogP contribution in [0.1, 0.15) is 64.7 Å². The van der Waals surface area contributed by atoms with E-state index >= 15 is 0 Å². The van der Waals surface area contributed by atoms with Gasteiger partial charge in [-0.25, -0.2) is 0 Å². The van der Waals surface area contributed by atoms with E-state index < -0.39 is 0 Å². The Hall–Kier alpha value is -0.0800. The monoisotopic (exact) mass is 280 g/mol. The summed E-state index contributed by atoms with van der Waals surface area (Å²) in [6, 6.07) is 0.904. The average molecular weight is 280 g/mol. The van der Waals surface area contributed by atoms with Gasteiger partial charge < -0.3 is 10.2 Å². The van der Waals surface area contributed by atoms with E-state index in [4.69, 9.17) is 0 Å². The number of likely N-dealkylation sites (tertiary alicyclic amines) is 1. The lowest BCUT2D eigenvalue weighted by Gasteiger charge is -2.48. The lowest BCUT2D eigenvalue weighted by molar-refractivity contribution is 0.0184. The van der Waals surface area contributed by atoms with Gasteiger partial charge in [-0.05, 0) is 77.0 Å². The van der Waals surface area contributed by atoms with Crippen molar-refractivity contribution in [2.24, 2.45) is 17.8 Å². The van der Waals surface area contributed by atoms with Gasteiger partial charge in [-0.1, -0.05) is 32.6 Å². The Morgan fingerprint density at radius 1 is 1.10 bits per heavy atom. The molecular weight excluding hydrogens is 244 g/mol. The molecule has 1 aliphatic heterocycles. The third-order valence-corrected chi connectivity index (χ3v) is 5.81. The summed E-state index contributed by atoms with van der Waals surface area (Å²) >= 11 is 0. The first kappa shape index (κ1) is 16.3. The number of piperidine rings is 1. The molecule has 4 atom stereocenters. The van der Waals surface area contributed by atoms with Crippen molar-refractivity contribution in [1.82, 2.24) is 10.2 Å². The Balaban J connectivity index is 1.74. The van der Waals surface area contributed by atoms with Crippen LogP contribution >= 0.6 is 0 Å². The molecule has 4 unspecified atom stereocenters. The minimum atomic E-state index is 0.904. The highest BCUT2D eigenvalue weighted by Gasteiger charge is 2.39. The van der Waals surface area contributed by atoms with E-state index in [1.807, 2.05) is 0 Å².